The van der Waals surface area contributed by atoms with Gasteiger partial charge in [-0.1, -0.05) is 11.6 Å². The number of hydrogen-bond donors (Lipinski definition) is 1. The Bertz CT molecular complexity index is 656. The quantitative estimate of drug-likeness (QED) is 0.867. The van der Waals surface area contributed by atoms with E-state index in [0.29, 0.717) is 6.04 Å². The number of nitrogens with one attached hydrogen (secondary N) is 1. The number of aromatic nitrogens is 2. The van der Waals surface area contributed by atoms with E-state index in [-0.39, 0.29) is 0 Å². The van der Waals surface area contributed by atoms with Crippen LogP contribution in [0.15, 0.2) is 18.2 Å². The van der Waals surface area contributed by atoms with Crippen molar-refractivity contribution in [2.45, 2.75) is 38.4 Å². The summed E-state index contributed by atoms with van der Waals surface area (Å²) in [5, 5.41) is 0.735. The average molecular weight is 296 g/mol. The molecule has 1 fully saturated rings. The van der Waals surface area contributed by atoms with Crippen LogP contribution in [-0.4, -0.2) is 33.6 Å². The number of imidazole rings is 1. The Morgan fingerprint density at radius 1 is 1.53 bits per heavy atom. The Balaban J connectivity index is 1.91. The number of aromatic amines is 1. The predicted molar refractivity (Wildman–Crippen MR) is 82.4 cm³/mol. The molecule has 19 heavy (non-hydrogen) atoms. The molecule has 1 aliphatic rings. The van der Waals surface area contributed by atoms with E-state index in [4.69, 9.17) is 23.8 Å². The van der Waals surface area contributed by atoms with Crippen LogP contribution in [-0.2, 0) is 6.54 Å². The third-order valence-corrected chi connectivity index (χ3v) is 4.56. The topological polar surface area (TPSA) is 24.0 Å². The summed E-state index contributed by atoms with van der Waals surface area (Å²) in [6.45, 7) is 3.17. The zero-order chi connectivity index (χ0) is 13.6. The molecule has 0 saturated heterocycles. The molecule has 1 aromatic heterocycles. The Kier molecular flexibility index (Phi) is 3.41. The summed E-state index contributed by atoms with van der Waals surface area (Å²) in [5.74, 6) is 0. The number of halogens is 1. The Morgan fingerprint density at radius 3 is 2.95 bits per heavy atom. The molecule has 3 rings (SSSR count). The standard InChI is InChI=1S/C14H18ClN3S/c1-9(17(2)11-4-5-11)8-18-13-6-3-10(15)7-12(13)16-14(18)19/h3,6-7,9,11H,4-5,8H2,1-2H3,(H,16,19). The van der Waals surface area contributed by atoms with E-state index in [1.165, 1.54) is 12.8 Å². The number of H-pyrrole nitrogens is 1. The van der Waals surface area contributed by atoms with Gasteiger partial charge in [-0.05, 0) is 57.2 Å². The molecule has 1 aliphatic carbocycles. The molecule has 0 amide bonds. The van der Waals surface area contributed by atoms with Gasteiger partial charge in [-0.15, -0.1) is 0 Å². The summed E-state index contributed by atoms with van der Waals surface area (Å²) in [7, 11) is 2.21. The number of hydrogen-bond acceptors (Lipinski definition) is 2. The van der Waals surface area contributed by atoms with Crippen molar-refractivity contribution >= 4 is 34.9 Å². The molecule has 1 unspecified atom stereocenters. The van der Waals surface area contributed by atoms with Crippen molar-refractivity contribution in [1.82, 2.24) is 14.5 Å². The Labute approximate surface area is 123 Å². The highest BCUT2D eigenvalue weighted by atomic mass is 35.5. The minimum absolute atomic E-state index is 0.480. The van der Waals surface area contributed by atoms with Crippen molar-refractivity contribution < 1.29 is 0 Å². The molecule has 5 heteroatoms. The molecule has 1 saturated carbocycles. The molecule has 1 atom stereocenters. The van der Waals surface area contributed by atoms with Crippen LogP contribution in [0.4, 0.5) is 0 Å². The lowest BCUT2D eigenvalue weighted by molar-refractivity contribution is 0.226. The highest BCUT2D eigenvalue weighted by molar-refractivity contribution is 7.71. The van der Waals surface area contributed by atoms with Gasteiger partial charge in [0.05, 0.1) is 11.0 Å². The second kappa shape index (κ2) is 4.93. The molecular weight excluding hydrogens is 278 g/mol. The molecule has 102 valence electrons. The van der Waals surface area contributed by atoms with Gasteiger partial charge < -0.3 is 9.55 Å². The first-order chi connectivity index (χ1) is 9.06. The van der Waals surface area contributed by atoms with Gasteiger partial charge in [-0.2, -0.15) is 0 Å². The van der Waals surface area contributed by atoms with Crippen LogP contribution in [0.2, 0.25) is 5.02 Å². The van der Waals surface area contributed by atoms with E-state index in [9.17, 15) is 0 Å². The van der Waals surface area contributed by atoms with Gasteiger partial charge >= 0.3 is 0 Å². The van der Waals surface area contributed by atoms with E-state index in [1.54, 1.807) is 0 Å². The van der Waals surface area contributed by atoms with Crippen LogP contribution < -0.4 is 0 Å². The van der Waals surface area contributed by atoms with Gasteiger partial charge in [0.1, 0.15) is 0 Å². The van der Waals surface area contributed by atoms with Crippen molar-refractivity contribution in [1.29, 1.82) is 0 Å². The van der Waals surface area contributed by atoms with Crippen molar-refractivity contribution in [2.75, 3.05) is 7.05 Å². The van der Waals surface area contributed by atoms with Crippen LogP contribution in [0.25, 0.3) is 11.0 Å². The van der Waals surface area contributed by atoms with E-state index in [2.05, 4.69) is 28.4 Å². The maximum Gasteiger partial charge on any atom is 0.178 e. The molecule has 0 spiro atoms. The van der Waals surface area contributed by atoms with Crippen LogP contribution in [0.5, 0.6) is 0 Å². The number of fused-ring (bicyclic) bond motifs is 1. The predicted octanol–water partition coefficient (Wildman–Crippen LogP) is 3.83. The zero-order valence-corrected chi connectivity index (χ0v) is 12.8. The molecule has 2 aromatic rings. The summed E-state index contributed by atoms with van der Waals surface area (Å²) in [4.78, 5) is 5.69. The van der Waals surface area contributed by atoms with Gasteiger partial charge in [0.2, 0.25) is 0 Å². The van der Waals surface area contributed by atoms with Gasteiger partial charge in [-0.3, -0.25) is 4.90 Å². The monoisotopic (exact) mass is 295 g/mol. The minimum atomic E-state index is 0.480. The van der Waals surface area contributed by atoms with Crippen molar-refractivity contribution in [3.63, 3.8) is 0 Å². The van der Waals surface area contributed by atoms with Gasteiger partial charge in [0, 0.05) is 23.7 Å². The first-order valence-electron chi connectivity index (χ1n) is 6.66. The van der Waals surface area contributed by atoms with Gasteiger partial charge in [-0.25, -0.2) is 0 Å². The second-order valence-corrected chi connectivity index (χ2v) is 6.27. The average Bonchev–Trinajstić information content (AvgIpc) is 3.15. The van der Waals surface area contributed by atoms with Crippen molar-refractivity contribution in [3.8, 4) is 0 Å². The van der Waals surface area contributed by atoms with Crippen LogP contribution >= 0.6 is 23.8 Å². The fourth-order valence-electron chi connectivity index (χ4n) is 2.55. The Morgan fingerprint density at radius 2 is 2.26 bits per heavy atom. The maximum atomic E-state index is 6.01. The molecule has 0 bridgehead atoms. The second-order valence-electron chi connectivity index (χ2n) is 5.45. The van der Waals surface area contributed by atoms with E-state index in [1.807, 2.05) is 18.2 Å². The van der Waals surface area contributed by atoms with Crippen LogP contribution in [0.3, 0.4) is 0 Å². The number of rotatable bonds is 4. The normalized spacial score (nSPS) is 17.3. The van der Waals surface area contributed by atoms with Crippen LogP contribution in [0, 0.1) is 4.77 Å². The number of likely N-dealkylation sites (N-methyl/N-ethyl adjacent to an activating group) is 1. The summed E-state index contributed by atoms with van der Waals surface area (Å²) in [6, 6.07) is 7.13. The summed E-state index contributed by atoms with van der Waals surface area (Å²) in [5.41, 5.74) is 2.14. The first kappa shape index (κ1) is 13.2. The molecule has 1 aromatic carbocycles. The van der Waals surface area contributed by atoms with Crippen molar-refractivity contribution in [3.05, 3.63) is 28.0 Å². The smallest absolute Gasteiger partial charge is 0.178 e. The maximum absolute atomic E-state index is 6.01. The lowest BCUT2D eigenvalue weighted by atomic mass is 10.2. The number of benzene rings is 1. The third-order valence-electron chi connectivity index (χ3n) is 4.00. The summed E-state index contributed by atoms with van der Waals surface area (Å²) in [6.07, 6.45) is 2.66. The van der Waals surface area contributed by atoms with E-state index in [0.717, 1.165) is 33.4 Å². The van der Waals surface area contributed by atoms with Crippen molar-refractivity contribution in [2.24, 2.45) is 0 Å². The minimum Gasteiger partial charge on any atom is -0.331 e. The van der Waals surface area contributed by atoms with Gasteiger partial charge in [0.25, 0.3) is 0 Å². The molecule has 1 heterocycles. The van der Waals surface area contributed by atoms with E-state index >= 15 is 0 Å². The van der Waals surface area contributed by atoms with Crippen LogP contribution in [0.1, 0.15) is 19.8 Å². The molecule has 0 aliphatic heterocycles. The first-order valence-corrected chi connectivity index (χ1v) is 7.45. The SMILES string of the molecule is CC(Cn1c(=S)[nH]c2cc(Cl)ccc21)N(C)C1CC1. The highest BCUT2D eigenvalue weighted by Crippen LogP contribution is 2.28. The van der Waals surface area contributed by atoms with Gasteiger partial charge in [0.15, 0.2) is 4.77 Å². The lowest BCUT2D eigenvalue weighted by Gasteiger charge is -2.25. The molecule has 0 radical (unpaired) electrons. The Hall–Kier alpha value is -0.840. The summed E-state index contributed by atoms with van der Waals surface area (Å²) >= 11 is 11.4. The molecular formula is C14H18ClN3S. The third kappa shape index (κ3) is 2.57. The lowest BCUT2D eigenvalue weighted by Crippen LogP contribution is -2.34. The fourth-order valence-corrected chi connectivity index (χ4v) is 3.01. The van der Waals surface area contributed by atoms with E-state index < -0.39 is 0 Å². The number of nitrogens with zero attached hydrogens (tertiary/aromatic N) is 2. The fraction of sp³-hybridized carbons (Fsp3) is 0.500. The summed E-state index contributed by atoms with van der Waals surface area (Å²) < 4.78 is 2.94. The highest BCUT2D eigenvalue weighted by Gasteiger charge is 2.29. The molecule has 1 N–H and O–H groups in total. The molecule has 3 nitrogen and oxygen atoms in total. The largest absolute Gasteiger partial charge is 0.331 e. The zero-order valence-electron chi connectivity index (χ0n) is 11.2.